The average Bonchev–Trinajstić information content (AvgIpc) is 3.04. The van der Waals surface area contributed by atoms with E-state index in [0.29, 0.717) is 6.54 Å². The first-order valence-electron chi connectivity index (χ1n) is 7.08. The first-order chi connectivity index (χ1) is 9.74. The number of nitrogens with zero attached hydrogens (tertiary/aromatic N) is 2. The van der Waals surface area contributed by atoms with Crippen molar-refractivity contribution < 1.29 is 9.90 Å². The Hall–Kier alpha value is -1.88. The highest BCUT2D eigenvalue weighted by atomic mass is 16.3. The first-order valence-corrected chi connectivity index (χ1v) is 7.08. The largest absolute Gasteiger partial charge is 0.393 e. The van der Waals surface area contributed by atoms with Gasteiger partial charge in [0.15, 0.2) is 0 Å². The summed E-state index contributed by atoms with van der Waals surface area (Å²) in [7, 11) is 0. The molecule has 1 aromatic heterocycles. The Morgan fingerprint density at radius 3 is 3.05 bits per heavy atom. The van der Waals surface area contributed by atoms with Crippen LogP contribution in [-0.4, -0.2) is 33.2 Å². The van der Waals surface area contributed by atoms with Crippen LogP contribution >= 0.6 is 0 Å². The van der Waals surface area contributed by atoms with E-state index in [1.807, 2.05) is 28.8 Å². The van der Waals surface area contributed by atoms with E-state index in [2.05, 4.69) is 10.3 Å². The topological polar surface area (TPSA) is 67.2 Å². The van der Waals surface area contributed by atoms with E-state index in [0.717, 1.165) is 30.3 Å². The van der Waals surface area contributed by atoms with Gasteiger partial charge in [-0.25, -0.2) is 4.98 Å². The van der Waals surface area contributed by atoms with Crippen molar-refractivity contribution in [2.24, 2.45) is 5.92 Å². The van der Waals surface area contributed by atoms with Crippen molar-refractivity contribution in [1.29, 1.82) is 0 Å². The van der Waals surface area contributed by atoms with Crippen LogP contribution in [0, 0.1) is 5.92 Å². The predicted octanol–water partition coefficient (Wildman–Crippen LogP) is 1.31. The average molecular weight is 273 g/mol. The number of para-hydroxylation sites is 2. The zero-order chi connectivity index (χ0) is 13.9. The zero-order valence-corrected chi connectivity index (χ0v) is 11.3. The first kappa shape index (κ1) is 13.1. The lowest BCUT2D eigenvalue weighted by atomic mass is 10.1. The maximum Gasteiger partial charge on any atom is 0.240 e. The van der Waals surface area contributed by atoms with Gasteiger partial charge in [0.2, 0.25) is 5.91 Å². The summed E-state index contributed by atoms with van der Waals surface area (Å²) in [5.74, 6) is 0.172. The Bertz CT molecular complexity index is 608. The number of nitrogens with one attached hydrogen (secondary N) is 1. The molecule has 1 amide bonds. The number of benzene rings is 1. The summed E-state index contributed by atoms with van der Waals surface area (Å²) in [5, 5.41) is 12.6. The minimum absolute atomic E-state index is 0.0350. The second-order valence-corrected chi connectivity index (χ2v) is 5.42. The van der Waals surface area contributed by atoms with Crippen molar-refractivity contribution in [3.05, 3.63) is 30.6 Å². The van der Waals surface area contributed by atoms with Crippen LogP contribution in [0.5, 0.6) is 0 Å². The highest BCUT2D eigenvalue weighted by Gasteiger charge is 2.25. The van der Waals surface area contributed by atoms with Gasteiger partial charge in [-0.05, 0) is 25.0 Å². The van der Waals surface area contributed by atoms with Gasteiger partial charge in [0.25, 0.3) is 0 Å². The van der Waals surface area contributed by atoms with Gasteiger partial charge in [0.05, 0.1) is 23.5 Å². The third-order valence-electron chi connectivity index (χ3n) is 4.02. The van der Waals surface area contributed by atoms with Gasteiger partial charge in [-0.1, -0.05) is 18.6 Å². The van der Waals surface area contributed by atoms with E-state index < -0.39 is 0 Å². The highest BCUT2D eigenvalue weighted by molar-refractivity contribution is 5.80. The Kier molecular flexibility index (Phi) is 3.69. The normalized spacial score (nSPS) is 22.2. The van der Waals surface area contributed by atoms with Gasteiger partial charge in [-0.15, -0.1) is 0 Å². The fourth-order valence-corrected chi connectivity index (χ4v) is 2.85. The number of carbonyl (C=O) groups excluding carboxylic acids is 1. The van der Waals surface area contributed by atoms with E-state index in [9.17, 15) is 9.90 Å². The summed E-state index contributed by atoms with van der Waals surface area (Å²) in [6.07, 6.45) is 4.33. The summed E-state index contributed by atoms with van der Waals surface area (Å²) in [5.41, 5.74) is 1.86. The summed E-state index contributed by atoms with van der Waals surface area (Å²) in [4.78, 5) is 16.2. The molecule has 1 heterocycles. The molecule has 3 rings (SSSR count). The molecule has 2 atom stereocenters. The fourth-order valence-electron chi connectivity index (χ4n) is 2.85. The number of fused-ring (bicyclic) bond motifs is 1. The molecule has 5 heteroatoms. The molecular formula is C15H19N3O2. The van der Waals surface area contributed by atoms with E-state index in [1.54, 1.807) is 6.33 Å². The van der Waals surface area contributed by atoms with Gasteiger partial charge >= 0.3 is 0 Å². The van der Waals surface area contributed by atoms with Crippen LogP contribution in [0.25, 0.3) is 11.0 Å². The maximum absolute atomic E-state index is 12.0. The second kappa shape index (κ2) is 5.63. The number of hydrogen-bond acceptors (Lipinski definition) is 3. The molecule has 5 nitrogen and oxygen atoms in total. The SMILES string of the molecule is O=C(Cn1cnc2ccccc21)NCC1CCCC1O. The molecule has 0 radical (unpaired) electrons. The van der Waals surface area contributed by atoms with Crippen LogP contribution < -0.4 is 5.32 Å². The smallest absolute Gasteiger partial charge is 0.240 e. The summed E-state index contributed by atoms with van der Waals surface area (Å²) < 4.78 is 1.84. The molecule has 0 aliphatic heterocycles. The molecule has 2 N–H and O–H groups in total. The van der Waals surface area contributed by atoms with Gasteiger partial charge in [0, 0.05) is 12.5 Å². The summed E-state index contributed by atoms with van der Waals surface area (Å²) in [6.45, 7) is 0.829. The van der Waals surface area contributed by atoms with Crippen LogP contribution in [0.3, 0.4) is 0 Å². The van der Waals surface area contributed by atoms with Crippen LogP contribution in [0.2, 0.25) is 0 Å². The van der Waals surface area contributed by atoms with E-state index in [4.69, 9.17) is 0 Å². The molecule has 1 aliphatic rings. The van der Waals surface area contributed by atoms with Gasteiger partial charge < -0.3 is 15.0 Å². The molecule has 1 saturated carbocycles. The molecule has 2 unspecified atom stereocenters. The quantitative estimate of drug-likeness (QED) is 0.882. The number of hydrogen-bond donors (Lipinski definition) is 2. The number of carbonyl (C=O) groups is 1. The van der Waals surface area contributed by atoms with Gasteiger partial charge in [-0.2, -0.15) is 0 Å². The summed E-state index contributed by atoms with van der Waals surface area (Å²) in [6, 6.07) is 7.75. The number of amides is 1. The Balaban J connectivity index is 1.58. The lowest BCUT2D eigenvalue weighted by Crippen LogP contribution is -2.34. The van der Waals surface area contributed by atoms with Crippen LogP contribution in [0.4, 0.5) is 0 Å². The lowest BCUT2D eigenvalue weighted by Gasteiger charge is -2.15. The van der Waals surface area contributed by atoms with Crippen molar-refractivity contribution in [2.75, 3.05) is 6.54 Å². The standard InChI is InChI=1S/C15H19N3O2/c19-14-7-3-4-11(14)8-16-15(20)9-18-10-17-12-5-1-2-6-13(12)18/h1-2,5-6,10-11,14,19H,3-4,7-9H2,(H,16,20). The highest BCUT2D eigenvalue weighted by Crippen LogP contribution is 2.24. The van der Waals surface area contributed by atoms with Crippen LogP contribution in [0.15, 0.2) is 30.6 Å². The summed E-state index contributed by atoms with van der Waals surface area (Å²) >= 11 is 0. The second-order valence-electron chi connectivity index (χ2n) is 5.42. The van der Waals surface area contributed by atoms with Gasteiger partial charge in [-0.3, -0.25) is 4.79 Å². The van der Waals surface area contributed by atoms with E-state index in [-0.39, 0.29) is 24.5 Å². The van der Waals surface area contributed by atoms with E-state index in [1.165, 1.54) is 0 Å². The molecule has 1 fully saturated rings. The molecule has 1 aromatic carbocycles. The maximum atomic E-state index is 12.0. The predicted molar refractivity (Wildman–Crippen MR) is 76.1 cm³/mol. The minimum Gasteiger partial charge on any atom is -0.393 e. The third-order valence-corrected chi connectivity index (χ3v) is 4.02. The van der Waals surface area contributed by atoms with Crippen LogP contribution in [-0.2, 0) is 11.3 Å². The number of aliphatic hydroxyl groups is 1. The monoisotopic (exact) mass is 273 g/mol. The van der Waals surface area contributed by atoms with Crippen LogP contribution in [0.1, 0.15) is 19.3 Å². The van der Waals surface area contributed by atoms with Crippen molar-refractivity contribution in [3.8, 4) is 0 Å². The molecule has 0 spiro atoms. The van der Waals surface area contributed by atoms with Crippen molar-refractivity contribution >= 4 is 16.9 Å². The Morgan fingerprint density at radius 1 is 1.40 bits per heavy atom. The number of aliphatic hydroxyl groups excluding tert-OH is 1. The minimum atomic E-state index is -0.260. The lowest BCUT2D eigenvalue weighted by molar-refractivity contribution is -0.121. The zero-order valence-electron chi connectivity index (χ0n) is 11.3. The molecular weight excluding hydrogens is 254 g/mol. The van der Waals surface area contributed by atoms with Gasteiger partial charge in [0.1, 0.15) is 6.54 Å². The molecule has 2 aromatic rings. The number of rotatable bonds is 4. The van der Waals surface area contributed by atoms with Crippen molar-refractivity contribution in [2.45, 2.75) is 31.9 Å². The Labute approximate surface area is 117 Å². The van der Waals surface area contributed by atoms with Crippen molar-refractivity contribution in [1.82, 2.24) is 14.9 Å². The third kappa shape index (κ3) is 2.67. The van der Waals surface area contributed by atoms with Crippen molar-refractivity contribution in [3.63, 3.8) is 0 Å². The molecule has 20 heavy (non-hydrogen) atoms. The fraction of sp³-hybridized carbons (Fsp3) is 0.467. The molecule has 0 bridgehead atoms. The Morgan fingerprint density at radius 2 is 2.25 bits per heavy atom. The molecule has 1 aliphatic carbocycles. The molecule has 106 valence electrons. The number of aromatic nitrogens is 2. The number of imidazole rings is 1. The molecule has 0 saturated heterocycles. The van der Waals surface area contributed by atoms with E-state index >= 15 is 0 Å².